The highest BCUT2D eigenvalue weighted by Gasteiger charge is 2.46. The molecule has 0 spiro atoms. The number of nitrogens with zero attached hydrogens (tertiary/aromatic N) is 1. The zero-order valence-electron chi connectivity index (χ0n) is 14.9. The monoisotopic (exact) mass is 353 g/mol. The van der Waals surface area contributed by atoms with Gasteiger partial charge in [0.25, 0.3) is 0 Å². The number of aromatic nitrogens is 1. The van der Waals surface area contributed by atoms with E-state index in [1.807, 2.05) is 52.1 Å². The summed E-state index contributed by atoms with van der Waals surface area (Å²) in [5, 5.41) is 0.967. The fourth-order valence-electron chi connectivity index (χ4n) is 3.97. The van der Waals surface area contributed by atoms with Gasteiger partial charge in [-0.1, -0.05) is 18.2 Å². The SMILES string of the molecule is COC(=O)c1c(C)sc2c1C(C)(C)C(=O)c1c-2n(C)c2ccccc12. The van der Waals surface area contributed by atoms with Crippen LogP contribution in [0.1, 0.15) is 45.0 Å². The van der Waals surface area contributed by atoms with Gasteiger partial charge in [-0.3, -0.25) is 4.79 Å². The second-order valence-electron chi connectivity index (χ2n) is 6.98. The van der Waals surface area contributed by atoms with E-state index >= 15 is 0 Å². The summed E-state index contributed by atoms with van der Waals surface area (Å²) in [6.45, 7) is 5.72. The number of benzene rings is 1. The lowest BCUT2D eigenvalue weighted by molar-refractivity contribution is 0.0598. The van der Waals surface area contributed by atoms with Crippen molar-refractivity contribution in [2.75, 3.05) is 7.11 Å². The lowest BCUT2D eigenvalue weighted by atomic mass is 9.71. The van der Waals surface area contributed by atoms with E-state index in [9.17, 15) is 9.59 Å². The van der Waals surface area contributed by atoms with E-state index in [0.29, 0.717) is 5.56 Å². The number of fused-ring (bicyclic) bond motifs is 5. The molecule has 0 N–H and O–H groups in total. The van der Waals surface area contributed by atoms with Crippen LogP contribution in [0.5, 0.6) is 0 Å². The van der Waals surface area contributed by atoms with Gasteiger partial charge in [0.15, 0.2) is 5.78 Å². The molecule has 4 rings (SSSR count). The molecule has 1 aromatic carbocycles. The Balaban J connectivity index is 2.20. The van der Waals surface area contributed by atoms with Gasteiger partial charge in [-0.2, -0.15) is 0 Å². The summed E-state index contributed by atoms with van der Waals surface area (Å²) in [6.07, 6.45) is 0. The Morgan fingerprint density at radius 3 is 2.60 bits per heavy atom. The van der Waals surface area contributed by atoms with Crippen LogP contribution in [0.4, 0.5) is 0 Å². The smallest absolute Gasteiger partial charge is 0.339 e. The Morgan fingerprint density at radius 1 is 1.24 bits per heavy atom. The number of ether oxygens (including phenoxy) is 1. The molecule has 0 amide bonds. The second-order valence-corrected chi connectivity index (χ2v) is 8.21. The molecule has 0 fully saturated rings. The summed E-state index contributed by atoms with van der Waals surface area (Å²) in [5.74, 6) is -0.326. The van der Waals surface area contributed by atoms with Crippen LogP contribution in [-0.4, -0.2) is 23.4 Å². The summed E-state index contributed by atoms with van der Waals surface area (Å²) in [5.41, 5.74) is 3.25. The molecule has 4 nitrogen and oxygen atoms in total. The zero-order chi connectivity index (χ0) is 18.1. The van der Waals surface area contributed by atoms with E-state index in [1.54, 1.807) is 11.3 Å². The summed E-state index contributed by atoms with van der Waals surface area (Å²) < 4.78 is 7.06. The van der Waals surface area contributed by atoms with Crippen molar-refractivity contribution in [3.63, 3.8) is 0 Å². The maximum atomic E-state index is 13.4. The van der Waals surface area contributed by atoms with E-state index in [4.69, 9.17) is 4.74 Å². The van der Waals surface area contributed by atoms with Crippen molar-refractivity contribution >= 4 is 34.0 Å². The highest BCUT2D eigenvalue weighted by Crippen LogP contribution is 2.51. The molecule has 2 aromatic heterocycles. The molecule has 3 aromatic rings. The number of esters is 1. The molecule has 0 radical (unpaired) electrons. The van der Waals surface area contributed by atoms with Crippen LogP contribution in [0.25, 0.3) is 21.5 Å². The first kappa shape index (κ1) is 16.1. The quantitative estimate of drug-likeness (QED) is 0.606. The topological polar surface area (TPSA) is 48.3 Å². The third-order valence-corrected chi connectivity index (χ3v) is 6.33. The van der Waals surface area contributed by atoms with Gasteiger partial charge in [0, 0.05) is 28.4 Å². The third kappa shape index (κ3) is 1.87. The first-order chi connectivity index (χ1) is 11.8. The molecule has 25 heavy (non-hydrogen) atoms. The van der Waals surface area contributed by atoms with E-state index in [0.717, 1.165) is 37.5 Å². The number of ketones is 1. The van der Waals surface area contributed by atoms with Crippen molar-refractivity contribution in [1.82, 2.24) is 4.57 Å². The number of hydrogen-bond acceptors (Lipinski definition) is 4. The minimum absolute atomic E-state index is 0.0507. The molecule has 1 aliphatic carbocycles. The Bertz CT molecular complexity index is 1070. The van der Waals surface area contributed by atoms with E-state index in [1.165, 1.54) is 7.11 Å². The van der Waals surface area contributed by atoms with Crippen LogP contribution in [0.3, 0.4) is 0 Å². The number of Topliss-reactive ketones (excluding diaryl/α,β-unsaturated/α-hetero) is 1. The summed E-state index contributed by atoms with van der Waals surface area (Å²) in [4.78, 5) is 27.7. The summed E-state index contributed by atoms with van der Waals surface area (Å²) in [7, 11) is 3.36. The van der Waals surface area contributed by atoms with Gasteiger partial charge in [-0.25, -0.2) is 4.79 Å². The van der Waals surface area contributed by atoms with Gasteiger partial charge in [-0.05, 0) is 26.8 Å². The molecule has 0 atom stereocenters. The van der Waals surface area contributed by atoms with Crippen molar-refractivity contribution in [3.8, 4) is 10.6 Å². The maximum Gasteiger partial charge on any atom is 0.339 e. The van der Waals surface area contributed by atoms with Crippen LogP contribution < -0.4 is 0 Å². The Kier molecular flexibility index (Phi) is 3.25. The molecule has 2 heterocycles. The lowest BCUT2D eigenvalue weighted by Gasteiger charge is -2.30. The normalized spacial score (nSPS) is 15.2. The fraction of sp³-hybridized carbons (Fsp3) is 0.300. The van der Waals surface area contributed by atoms with E-state index < -0.39 is 5.41 Å². The fourth-order valence-corrected chi connectivity index (χ4v) is 5.36. The molecule has 0 saturated heterocycles. The number of hydrogen-bond donors (Lipinski definition) is 0. The zero-order valence-corrected chi connectivity index (χ0v) is 15.7. The molecule has 0 unspecified atom stereocenters. The molecule has 128 valence electrons. The number of rotatable bonds is 1. The maximum absolute atomic E-state index is 13.4. The number of aryl methyl sites for hydroxylation is 2. The van der Waals surface area contributed by atoms with E-state index in [2.05, 4.69) is 4.57 Å². The Morgan fingerprint density at radius 2 is 1.92 bits per heavy atom. The minimum Gasteiger partial charge on any atom is -0.465 e. The van der Waals surface area contributed by atoms with Crippen molar-refractivity contribution in [3.05, 3.63) is 45.8 Å². The highest BCUT2D eigenvalue weighted by atomic mass is 32.1. The summed E-state index contributed by atoms with van der Waals surface area (Å²) in [6, 6.07) is 7.95. The predicted molar refractivity (Wildman–Crippen MR) is 99.7 cm³/mol. The van der Waals surface area contributed by atoms with Crippen LogP contribution in [0, 0.1) is 6.92 Å². The van der Waals surface area contributed by atoms with Crippen LogP contribution in [0.15, 0.2) is 24.3 Å². The molecule has 0 bridgehead atoms. The summed E-state index contributed by atoms with van der Waals surface area (Å²) >= 11 is 1.56. The van der Waals surface area contributed by atoms with Crippen molar-refractivity contribution < 1.29 is 14.3 Å². The number of thiophene rings is 1. The van der Waals surface area contributed by atoms with E-state index in [-0.39, 0.29) is 11.8 Å². The predicted octanol–water partition coefficient (Wildman–Crippen LogP) is 4.48. The molecule has 0 saturated carbocycles. The molecular weight excluding hydrogens is 334 g/mol. The largest absolute Gasteiger partial charge is 0.465 e. The molecule has 1 aliphatic rings. The lowest BCUT2D eigenvalue weighted by Crippen LogP contribution is -2.34. The van der Waals surface area contributed by atoms with Gasteiger partial charge in [0.05, 0.1) is 34.2 Å². The number of methoxy groups -OCH3 is 1. The number of carbonyl (C=O) groups excluding carboxylic acids is 2. The van der Waals surface area contributed by atoms with Gasteiger partial charge in [0.1, 0.15) is 0 Å². The average Bonchev–Trinajstić information content (AvgIpc) is 3.08. The standard InChI is InChI=1S/C20H19NO3S/c1-10-13(19(23)24-5)15-17(25-10)16-14(18(22)20(15,2)3)11-8-6-7-9-12(11)21(16)4/h6-9H,1-5H3. The highest BCUT2D eigenvalue weighted by molar-refractivity contribution is 7.16. The molecule has 0 aliphatic heterocycles. The first-order valence-corrected chi connectivity index (χ1v) is 8.97. The first-order valence-electron chi connectivity index (χ1n) is 8.15. The molecule has 5 heteroatoms. The van der Waals surface area contributed by atoms with Crippen molar-refractivity contribution in [2.45, 2.75) is 26.2 Å². The van der Waals surface area contributed by atoms with Crippen molar-refractivity contribution in [1.29, 1.82) is 0 Å². The van der Waals surface area contributed by atoms with Gasteiger partial charge in [0.2, 0.25) is 0 Å². The molecular formula is C20H19NO3S. The Hall–Kier alpha value is -2.40. The van der Waals surface area contributed by atoms with Crippen LogP contribution in [0.2, 0.25) is 0 Å². The minimum atomic E-state index is -0.777. The van der Waals surface area contributed by atoms with Gasteiger partial charge >= 0.3 is 5.97 Å². The second kappa shape index (κ2) is 5.05. The van der Waals surface area contributed by atoms with Gasteiger partial charge in [-0.15, -0.1) is 11.3 Å². The van der Waals surface area contributed by atoms with Gasteiger partial charge < -0.3 is 9.30 Å². The van der Waals surface area contributed by atoms with Crippen LogP contribution >= 0.6 is 11.3 Å². The number of para-hydroxylation sites is 1. The average molecular weight is 353 g/mol. The number of carbonyl (C=O) groups is 2. The Labute approximate surface area is 150 Å². The van der Waals surface area contributed by atoms with Crippen molar-refractivity contribution in [2.24, 2.45) is 7.05 Å². The van der Waals surface area contributed by atoms with Crippen LogP contribution in [-0.2, 0) is 17.2 Å². The third-order valence-electron chi connectivity index (χ3n) is 5.22.